The number of likely N-dealkylation sites (tertiary alicyclic amines) is 1. The van der Waals surface area contributed by atoms with Crippen molar-refractivity contribution >= 4 is 17.5 Å². The lowest BCUT2D eigenvalue weighted by Gasteiger charge is -2.16. The maximum absolute atomic E-state index is 11.8. The largest absolute Gasteiger partial charge is 0.383 e. The second-order valence-corrected chi connectivity index (χ2v) is 4.23. The molecular weight excluding hydrogens is 232 g/mol. The normalized spacial score (nSPS) is 19.0. The van der Waals surface area contributed by atoms with Crippen LogP contribution in [0.1, 0.15) is 6.42 Å². The number of aromatic nitrogens is 1. The van der Waals surface area contributed by atoms with E-state index in [1.165, 1.54) is 0 Å². The number of primary amides is 1. The Balaban J connectivity index is 1.78. The first-order valence-electron chi connectivity index (χ1n) is 5.90. The molecule has 0 aromatic carbocycles. The molecule has 1 aromatic rings. The van der Waals surface area contributed by atoms with Gasteiger partial charge in [0.25, 0.3) is 0 Å². The number of amides is 2. The quantitative estimate of drug-likeness (QED) is 0.708. The zero-order valence-electron chi connectivity index (χ0n) is 10.0. The number of nitrogens with zero attached hydrogens (tertiary/aromatic N) is 2. The molecule has 1 aliphatic heterocycles. The molecule has 0 aliphatic carbocycles. The van der Waals surface area contributed by atoms with Gasteiger partial charge in [0.2, 0.25) is 11.8 Å². The average molecular weight is 248 g/mol. The molecule has 0 spiro atoms. The number of rotatable bonds is 5. The molecule has 96 valence electrons. The summed E-state index contributed by atoms with van der Waals surface area (Å²) in [4.78, 5) is 28.4. The van der Waals surface area contributed by atoms with Gasteiger partial charge < -0.3 is 16.0 Å². The van der Waals surface area contributed by atoms with Gasteiger partial charge in [-0.3, -0.25) is 14.6 Å². The van der Waals surface area contributed by atoms with Crippen molar-refractivity contribution in [3.63, 3.8) is 0 Å². The number of anilines is 1. The maximum Gasteiger partial charge on any atom is 0.235 e. The summed E-state index contributed by atoms with van der Waals surface area (Å²) in [6.45, 7) is 1.82. The van der Waals surface area contributed by atoms with Gasteiger partial charge >= 0.3 is 0 Å². The molecule has 2 heterocycles. The summed E-state index contributed by atoms with van der Waals surface area (Å²) in [7, 11) is 0. The van der Waals surface area contributed by atoms with Crippen LogP contribution in [0.2, 0.25) is 0 Å². The molecule has 1 aromatic heterocycles. The van der Waals surface area contributed by atoms with E-state index >= 15 is 0 Å². The van der Waals surface area contributed by atoms with E-state index < -0.39 is 11.8 Å². The van der Waals surface area contributed by atoms with Crippen molar-refractivity contribution in [2.75, 3.05) is 25.0 Å². The van der Waals surface area contributed by atoms with E-state index in [0.717, 1.165) is 5.69 Å². The van der Waals surface area contributed by atoms with Crippen LogP contribution >= 0.6 is 0 Å². The summed E-state index contributed by atoms with van der Waals surface area (Å²) < 4.78 is 0. The van der Waals surface area contributed by atoms with Crippen molar-refractivity contribution < 1.29 is 9.59 Å². The molecule has 0 bridgehead atoms. The van der Waals surface area contributed by atoms with Crippen LogP contribution in [0.25, 0.3) is 0 Å². The van der Waals surface area contributed by atoms with Crippen LogP contribution in [0.4, 0.5) is 5.69 Å². The molecule has 18 heavy (non-hydrogen) atoms. The fourth-order valence-corrected chi connectivity index (χ4v) is 2.03. The van der Waals surface area contributed by atoms with E-state index in [9.17, 15) is 9.59 Å². The third-order valence-corrected chi connectivity index (χ3v) is 3.03. The number of hydrogen-bond acceptors (Lipinski definition) is 4. The Kier molecular flexibility index (Phi) is 3.76. The van der Waals surface area contributed by atoms with E-state index in [1.807, 2.05) is 12.1 Å². The van der Waals surface area contributed by atoms with Crippen LogP contribution in [0, 0.1) is 5.92 Å². The molecule has 1 fully saturated rings. The minimum absolute atomic E-state index is 0.154. The van der Waals surface area contributed by atoms with Gasteiger partial charge in [-0.05, 0) is 18.6 Å². The van der Waals surface area contributed by atoms with Crippen LogP contribution in [0.3, 0.4) is 0 Å². The van der Waals surface area contributed by atoms with Crippen molar-refractivity contribution in [3.05, 3.63) is 24.5 Å². The number of nitrogens with one attached hydrogen (secondary N) is 1. The molecule has 6 heteroatoms. The molecule has 1 saturated heterocycles. The Morgan fingerprint density at radius 2 is 2.22 bits per heavy atom. The van der Waals surface area contributed by atoms with E-state index in [2.05, 4.69) is 10.3 Å². The van der Waals surface area contributed by atoms with Crippen LogP contribution in [0.5, 0.6) is 0 Å². The maximum atomic E-state index is 11.8. The summed E-state index contributed by atoms with van der Waals surface area (Å²) in [5.74, 6) is -1.31. The summed E-state index contributed by atoms with van der Waals surface area (Å²) in [5, 5.41) is 3.19. The number of carbonyl (C=O) groups excluding carboxylic acids is 2. The zero-order valence-corrected chi connectivity index (χ0v) is 10.0. The van der Waals surface area contributed by atoms with Gasteiger partial charge in [0.15, 0.2) is 0 Å². The van der Waals surface area contributed by atoms with Crippen molar-refractivity contribution in [2.24, 2.45) is 11.7 Å². The van der Waals surface area contributed by atoms with Crippen LogP contribution in [-0.4, -0.2) is 41.3 Å². The van der Waals surface area contributed by atoms with Crippen molar-refractivity contribution in [1.29, 1.82) is 0 Å². The van der Waals surface area contributed by atoms with Crippen LogP contribution in [-0.2, 0) is 9.59 Å². The van der Waals surface area contributed by atoms with Gasteiger partial charge in [0.05, 0.1) is 0 Å². The number of pyridine rings is 1. The Morgan fingerprint density at radius 1 is 1.50 bits per heavy atom. The van der Waals surface area contributed by atoms with Gasteiger partial charge in [0, 0.05) is 37.7 Å². The van der Waals surface area contributed by atoms with Gasteiger partial charge in [0.1, 0.15) is 5.92 Å². The van der Waals surface area contributed by atoms with Crippen LogP contribution < -0.4 is 11.1 Å². The minimum atomic E-state index is -0.633. The highest BCUT2D eigenvalue weighted by Crippen LogP contribution is 2.17. The van der Waals surface area contributed by atoms with Crippen molar-refractivity contribution in [2.45, 2.75) is 6.42 Å². The Labute approximate surface area is 105 Å². The summed E-state index contributed by atoms with van der Waals surface area (Å²) in [6.07, 6.45) is 3.93. The lowest BCUT2D eigenvalue weighted by Crippen LogP contribution is -2.35. The lowest BCUT2D eigenvalue weighted by molar-refractivity contribution is -0.136. The first kappa shape index (κ1) is 12.3. The predicted molar refractivity (Wildman–Crippen MR) is 66.6 cm³/mol. The summed E-state index contributed by atoms with van der Waals surface area (Å²) >= 11 is 0. The van der Waals surface area contributed by atoms with E-state index in [-0.39, 0.29) is 5.91 Å². The molecule has 2 rings (SSSR count). The Hall–Kier alpha value is -2.11. The van der Waals surface area contributed by atoms with Crippen molar-refractivity contribution in [3.8, 4) is 0 Å². The molecular formula is C12H16N4O2. The molecule has 0 radical (unpaired) electrons. The fourth-order valence-electron chi connectivity index (χ4n) is 2.03. The molecule has 2 amide bonds. The second kappa shape index (κ2) is 5.48. The molecule has 0 saturated carbocycles. The zero-order chi connectivity index (χ0) is 13.0. The monoisotopic (exact) mass is 248 g/mol. The first-order valence-corrected chi connectivity index (χ1v) is 5.90. The summed E-state index contributed by atoms with van der Waals surface area (Å²) in [6, 6.07) is 3.72. The van der Waals surface area contributed by atoms with E-state index in [1.54, 1.807) is 17.3 Å². The number of carbonyl (C=O) groups is 2. The molecule has 6 nitrogen and oxygen atoms in total. The SMILES string of the molecule is NC(=O)C1CCN(CCNc2ccncc2)C1=O. The highest BCUT2D eigenvalue weighted by molar-refractivity contribution is 6.00. The van der Waals surface area contributed by atoms with E-state index in [0.29, 0.717) is 26.1 Å². The standard InChI is InChI=1S/C12H16N4O2/c13-11(17)10-3-7-16(12(10)18)8-6-15-9-1-4-14-5-2-9/h1-2,4-5,10H,3,6-8H2,(H2,13,17)(H,14,15). The highest BCUT2D eigenvalue weighted by Gasteiger charge is 2.34. The Bertz CT molecular complexity index is 435. The average Bonchev–Trinajstić information content (AvgIpc) is 2.73. The van der Waals surface area contributed by atoms with E-state index in [4.69, 9.17) is 5.73 Å². The van der Waals surface area contributed by atoms with Gasteiger partial charge in [-0.2, -0.15) is 0 Å². The Morgan fingerprint density at radius 3 is 2.83 bits per heavy atom. The lowest BCUT2D eigenvalue weighted by atomic mass is 10.1. The topological polar surface area (TPSA) is 88.3 Å². The highest BCUT2D eigenvalue weighted by atomic mass is 16.2. The van der Waals surface area contributed by atoms with Gasteiger partial charge in [-0.1, -0.05) is 0 Å². The number of nitrogens with two attached hydrogens (primary N) is 1. The van der Waals surface area contributed by atoms with Gasteiger partial charge in [-0.25, -0.2) is 0 Å². The second-order valence-electron chi connectivity index (χ2n) is 4.23. The molecule has 1 aliphatic rings. The summed E-state index contributed by atoms with van der Waals surface area (Å²) in [5.41, 5.74) is 6.12. The predicted octanol–water partition coefficient (Wildman–Crippen LogP) is -0.173. The number of hydrogen-bond donors (Lipinski definition) is 2. The third-order valence-electron chi connectivity index (χ3n) is 3.03. The van der Waals surface area contributed by atoms with Crippen molar-refractivity contribution in [1.82, 2.24) is 9.88 Å². The minimum Gasteiger partial charge on any atom is -0.383 e. The molecule has 1 unspecified atom stereocenters. The molecule has 3 N–H and O–H groups in total. The fraction of sp³-hybridized carbons (Fsp3) is 0.417. The molecule has 1 atom stereocenters. The van der Waals surface area contributed by atoms with Gasteiger partial charge in [-0.15, -0.1) is 0 Å². The third kappa shape index (κ3) is 2.77. The van der Waals surface area contributed by atoms with Crippen LogP contribution in [0.15, 0.2) is 24.5 Å². The smallest absolute Gasteiger partial charge is 0.235 e. The first-order chi connectivity index (χ1) is 8.68.